The molecule has 16 heavy (non-hydrogen) atoms. The fourth-order valence-electron chi connectivity index (χ4n) is 1.50. The molecule has 1 aliphatic carbocycles. The molecular formula is C12H12ClFO2. The Morgan fingerprint density at radius 3 is 2.81 bits per heavy atom. The van der Waals surface area contributed by atoms with Crippen LogP contribution >= 0.6 is 11.6 Å². The van der Waals surface area contributed by atoms with E-state index >= 15 is 0 Å². The highest BCUT2D eigenvalue weighted by molar-refractivity contribution is 6.32. The lowest BCUT2D eigenvalue weighted by Gasteiger charge is -2.12. The van der Waals surface area contributed by atoms with Gasteiger partial charge < -0.3 is 4.74 Å². The molecule has 0 amide bonds. The van der Waals surface area contributed by atoms with Crippen LogP contribution in [-0.4, -0.2) is 11.9 Å². The lowest BCUT2D eigenvalue weighted by Crippen LogP contribution is -2.04. The number of carbonyl (C=O) groups is 1. The Balaban J connectivity index is 2.32. The molecule has 0 radical (unpaired) electrons. The maximum Gasteiger partial charge on any atom is 0.142 e. The molecule has 0 heterocycles. The lowest BCUT2D eigenvalue weighted by molar-refractivity contribution is -0.116. The minimum absolute atomic E-state index is 0.0395. The Hall–Kier alpha value is -1.09. The number of halogens is 2. The molecule has 0 atom stereocenters. The number of hydrogen-bond donors (Lipinski definition) is 0. The summed E-state index contributed by atoms with van der Waals surface area (Å²) < 4.78 is 18.8. The molecule has 2 rings (SSSR count). The van der Waals surface area contributed by atoms with Gasteiger partial charge in [-0.3, -0.25) is 4.79 Å². The highest BCUT2D eigenvalue weighted by Gasteiger charge is 2.26. The van der Waals surface area contributed by atoms with Crippen LogP contribution in [0.3, 0.4) is 0 Å². The van der Waals surface area contributed by atoms with Crippen LogP contribution < -0.4 is 4.74 Å². The average Bonchev–Trinajstić information content (AvgIpc) is 2.93. The number of ketones is 1. The van der Waals surface area contributed by atoms with Crippen molar-refractivity contribution in [2.75, 3.05) is 0 Å². The summed E-state index contributed by atoms with van der Waals surface area (Å²) in [5.41, 5.74) is 0.532. The van der Waals surface area contributed by atoms with E-state index in [1.807, 2.05) is 0 Å². The third kappa shape index (κ3) is 2.73. The lowest BCUT2D eigenvalue weighted by atomic mass is 10.1. The van der Waals surface area contributed by atoms with E-state index in [4.69, 9.17) is 16.3 Å². The third-order valence-corrected chi connectivity index (χ3v) is 2.61. The Morgan fingerprint density at radius 1 is 1.56 bits per heavy atom. The predicted molar refractivity (Wildman–Crippen MR) is 59.4 cm³/mol. The molecule has 1 fully saturated rings. The van der Waals surface area contributed by atoms with Crippen molar-refractivity contribution < 1.29 is 13.9 Å². The van der Waals surface area contributed by atoms with Crippen LogP contribution in [0.5, 0.6) is 5.75 Å². The normalized spacial score (nSPS) is 14.9. The predicted octanol–water partition coefficient (Wildman–Crippen LogP) is 3.15. The zero-order chi connectivity index (χ0) is 11.7. The molecule has 0 saturated heterocycles. The summed E-state index contributed by atoms with van der Waals surface area (Å²) in [4.78, 5) is 11.1. The van der Waals surface area contributed by atoms with Crippen molar-refractivity contribution >= 4 is 17.4 Å². The van der Waals surface area contributed by atoms with Gasteiger partial charge in [0.2, 0.25) is 0 Å². The zero-order valence-electron chi connectivity index (χ0n) is 8.93. The van der Waals surface area contributed by atoms with E-state index in [9.17, 15) is 9.18 Å². The largest absolute Gasteiger partial charge is 0.489 e. The van der Waals surface area contributed by atoms with Crippen molar-refractivity contribution in [3.8, 4) is 5.75 Å². The molecule has 0 bridgehead atoms. The Kier molecular flexibility index (Phi) is 3.15. The van der Waals surface area contributed by atoms with E-state index in [0.717, 1.165) is 12.8 Å². The maximum absolute atomic E-state index is 13.2. The van der Waals surface area contributed by atoms with E-state index in [0.29, 0.717) is 11.3 Å². The van der Waals surface area contributed by atoms with Crippen LogP contribution in [0.15, 0.2) is 12.1 Å². The molecule has 1 saturated carbocycles. The summed E-state index contributed by atoms with van der Waals surface area (Å²) >= 11 is 5.91. The Morgan fingerprint density at radius 2 is 2.25 bits per heavy atom. The van der Waals surface area contributed by atoms with Gasteiger partial charge in [0.1, 0.15) is 17.3 Å². The van der Waals surface area contributed by atoms with E-state index in [1.54, 1.807) is 0 Å². The number of carbonyl (C=O) groups excluding carboxylic acids is 1. The first kappa shape index (κ1) is 11.4. The smallest absolute Gasteiger partial charge is 0.142 e. The van der Waals surface area contributed by atoms with Gasteiger partial charge >= 0.3 is 0 Å². The molecule has 86 valence electrons. The molecule has 0 aromatic heterocycles. The van der Waals surface area contributed by atoms with Gasteiger partial charge in [-0.2, -0.15) is 0 Å². The van der Waals surface area contributed by atoms with Crippen LogP contribution in [-0.2, 0) is 11.2 Å². The van der Waals surface area contributed by atoms with Crippen molar-refractivity contribution in [2.24, 2.45) is 0 Å². The second kappa shape index (κ2) is 4.42. The van der Waals surface area contributed by atoms with Crippen LogP contribution in [0, 0.1) is 5.82 Å². The molecule has 2 nitrogen and oxygen atoms in total. The molecular weight excluding hydrogens is 231 g/mol. The van der Waals surface area contributed by atoms with Crippen LogP contribution in [0.2, 0.25) is 5.02 Å². The number of hydrogen-bond acceptors (Lipinski definition) is 2. The van der Waals surface area contributed by atoms with Gasteiger partial charge in [0, 0.05) is 12.0 Å². The van der Waals surface area contributed by atoms with Gasteiger partial charge in [0.15, 0.2) is 0 Å². The van der Waals surface area contributed by atoms with Crippen LogP contribution in [0.4, 0.5) is 4.39 Å². The summed E-state index contributed by atoms with van der Waals surface area (Å²) in [6.07, 6.45) is 2.31. The van der Waals surface area contributed by atoms with Gasteiger partial charge in [-0.25, -0.2) is 4.39 Å². The minimum atomic E-state index is -0.440. The second-order valence-corrected chi connectivity index (χ2v) is 4.48. The number of Topliss-reactive ketones (excluding diaryl/α,β-unsaturated/α-hetero) is 1. The molecule has 0 aliphatic heterocycles. The van der Waals surface area contributed by atoms with Gasteiger partial charge in [-0.05, 0) is 31.9 Å². The van der Waals surface area contributed by atoms with Gasteiger partial charge in [0.05, 0.1) is 11.1 Å². The van der Waals surface area contributed by atoms with Crippen LogP contribution in [0.1, 0.15) is 25.3 Å². The molecule has 0 N–H and O–H groups in total. The van der Waals surface area contributed by atoms with Crippen molar-refractivity contribution in [2.45, 2.75) is 32.3 Å². The highest BCUT2D eigenvalue weighted by Crippen LogP contribution is 2.35. The monoisotopic (exact) mass is 242 g/mol. The first-order chi connectivity index (χ1) is 7.56. The fourth-order valence-corrected chi connectivity index (χ4v) is 1.77. The first-order valence-electron chi connectivity index (χ1n) is 5.20. The van der Waals surface area contributed by atoms with E-state index < -0.39 is 5.82 Å². The molecule has 4 heteroatoms. The van der Waals surface area contributed by atoms with E-state index in [1.165, 1.54) is 19.1 Å². The summed E-state index contributed by atoms with van der Waals surface area (Å²) in [6, 6.07) is 2.52. The quantitative estimate of drug-likeness (QED) is 0.811. The zero-order valence-corrected chi connectivity index (χ0v) is 9.68. The summed E-state index contributed by atoms with van der Waals surface area (Å²) in [7, 11) is 0. The maximum atomic E-state index is 13.2. The Labute approximate surface area is 98.4 Å². The number of ether oxygens (including phenoxy) is 1. The van der Waals surface area contributed by atoms with Crippen molar-refractivity contribution in [3.05, 3.63) is 28.5 Å². The second-order valence-electron chi connectivity index (χ2n) is 4.07. The molecule has 0 spiro atoms. The third-order valence-electron chi connectivity index (χ3n) is 2.33. The van der Waals surface area contributed by atoms with Gasteiger partial charge in [0.25, 0.3) is 0 Å². The molecule has 1 aromatic carbocycles. The average molecular weight is 243 g/mol. The molecule has 1 aromatic rings. The SMILES string of the molecule is CC(=O)Cc1cc(F)cc(Cl)c1OC1CC1. The summed E-state index contributed by atoms with van der Waals surface area (Å²) in [5.74, 6) is -0.0209. The Bertz CT molecular complexity index is 427. The topological polar surface area (TPSA) is 26.3 Å². The number of rotatable bonds is 4. The summed E-state index contributed by atoms with van der Waals surface area (Å²) in [6.45, 7) is 1.46. The van der Waals surface area contributed by atoms with Crippen molar-refractivity contribution in [3.63, 3.8) is 0 Å². The van der Waals surface area contributed by atoms with Crippen LogP contribution in [0.25, 0.3) is 0 Å². The summed E-state index contributed by atoms with van der Waals surface area (Å²) in [5, 5.41) is 0.239. The fraction of sp³-hybridized carbons (Fsp3) is 0.417. The first-order valence-corrected chi connectivity index (χ1v) is 5.58. The standard InChI is InChI=1S/C12H12ClFO2/c1-7(15)4-8-5-9(14)6-11(13)12(8)16-10-2-3-10/h5-6,10H,2-4H2,1H3. The van der Waals surface area contributed by atoms with Crippen molar-refractivity contribution in [1.29, 1.82) is 0 Å². The van der Waals surface area contributed by atoms with Gasteiger partial charge in [-0.15, -0.1) is 0 Å². The van der Waals surface area contributed by atoms with E-state index in [-0.39, 0.29) is 23.3 Å². The van der Waals surface area contributed by atoms with Gasteiger partial charge in [-0.1, -0.05) is 11.6 Å². The van der Waals surface area contributed by atoms with E-state index in [2.05, 4.69) is 0 Å². The molecule has 0 unspecified atom stereocenters. The number of benzene rings is 1. The molecule has 1 aliphatic rings. The van der Waals surface area contributed by atoms with Crippen molar-refractivity contribution in [1.82, 2.24) is 0 Å². The minimum Gasteiger partial charge on any atom is -0.489 e. The highest BCUT2D eigenvalue weighted by atomic mass is 35.5.